The van der Waals surface area contributed by atoms with Crippen LogP contribution in [0.1, 0.15) is 26.3 Å². The van der Waals surface area contributed by atoms with E-state index in [2.05, 4.69) is 45.3 Å². The minimum absolute atomic E-state index is 0.0278. The summed E-state index contributed by atoms with van der Waals surface area (Å²) in [6, 6.07) is 9.32. The molecule has 1 rings (SSSR count). The van der Waals surface area contributed by atoms with Crippen molar-refractivity contribution in [3.63, 3.8) is 0 Å². The van der Waals surface area contributed by atoms with E-state index in [0.29, 0.717) is 6.54 Å². The van der Waals surface area contributed by atoms with Gasteiger partial charge < -0.3 is 28.1 Å². The maximum absolute atomic E-state index is 9.92. The Balaban J connectivity index is 2.99. The van der Waals surface area contributed by atoms with E-state index in [4.69, 9.17) is 28.1 Å². The van der Waals surface area contributed by atoms with E-state index in [1.54, 1.807) is 21.3 Å². The molecule has 0 aliphatic heterocycles. The number of hydrogen-bond acceptors (Lipinski definition) is 8. The van der Waals surface area contributed by atoms with E-state index in [-0.39, 0.29) is 25.2 Å². The Morgan fingerprint density at radius 1 is 1.00 bits per heavy atom. The quantitative estimate of drug-likeness (QED) is 0.308. The molecule has 1 aromatic carbocycles. The molecule has 0 aliphatic rings. The number of rotatable bonds is 15. The van der Waals surface area contributed by atoms with Crippen LogP contribution < -0.4 is 10.1 Å². The average molecular weight is 469 g/mol. The lowest BCUT2D eigenvalue weighted by atomic mass is 10.1. The molecule has 0 spiro atoms. The molecule has 0 aliphatic carbocycles. The monoisotopic (exact) mass is 468 g/mol. The molecule has 0 radical (unpaired) electrons. The molecule has 0 aromatic heterocycles. The first-order chi connectivity index (χ1) is 15.1. The van der Waals surface area contributed by atoms with Gasteiger partial charge in [0.05, 0.1) is 19.8 Å². The van der Waals surface area contributed by atoms with Crippen molar-refractivity contribution < 1.29 is 28.1 Å². The predicted octanol–water partition coefficient (Wildman–Crippen LogP) is 3.68. The maximum Gasteiger partial charge on any atom is 0.192 e. The lowest BCUT2D eigenvalue weighted by Crippen LogP contribution is -2.52. The number of nitriles is 1. The Kier molecular flexibility index (Phi) is 12.4. The minimum Gasteiger partial charge on any atom is -0.497 e. The van der Waals surface area contributed by atoms with Crippen LogP contribution in [-0.4, -0.2) is 68.1 Å². The number of hydrogen-bond donors (Lipinski definition) is 1. The zero-order valence-electron chi connectivity index (χ0n) is 20.8. The summed E-state index contributed by atoms with van der Waals surface area (Å²) >= 11 is 0. The Hall–Kier alpha value is -1.51. The van der Waals surface area contributed by atoms with E-state index < -0.39 is 26.6 Å². The first kappa shape index (κ1) is 28.5. The second-order valence-electron chi connectivity index (χ2n) is 9.06. The van der Waals surface area contributed by atoms with Crippen LogP contribution in [0.25, 0.3) is 0 Å². The van der Waals surface area contributed by atoms with E-state index in [9.17, 15) is 5.26 Å². The van der Waals surface area contributed by atoms with Crippen molar-refractivity contribution in [3.05, 3.63) is 29.8 Å². The summed E-state index contributed by atoms with van der Waals surface area (Å²) < 4.78 is 33.6. The van der Waals surface area contributed by atoms with Crippen LogP contribution in [0.3, 0.4) is 0 Å². The molecule has 1 N–H and O–H groups in total. The zero-order chi connectivity index (χ0) is 24.2. The number of nitrogens with one attached hydrogen (secondary N) is 1. The van der Waals surface area contributed by atoms with Crippen LogP contribution in [0.4, 0.5) is 0 Å². The summed E-state index contributed by atoms with van der Waals surface area (Å²) in [5, 5.41) is 13.2. The van der Waals surface area contributed by atoms with Gasteiger partial charge in [-0.1, -0.05) is 32.9 Å². The summed E-state index contributed by atoms with van der Waals surface area (Å²) in [5.41, 5.74) is 1.02. The van der Waals surface area contributed by atoms with Crippen molar-refractivity contribution in [1.82, 2.24) is 5.32 Å². The van der Waals surface area contributed by atoms with Gasteiger partial charge in [0.2, 0.25) is 0 Å². The smallest absolute Gasteiger partial charge is 0.192 e. The van der Waals surface area contributed by atoms with E-state index in [0.717, 1.165) is 11.3 Å². The molecule has 9 heteroatoms. The van der Waals surface area contributed by atoms with Crippen LogP contribution in [0.5, 0.6) is 5.75 Å². The fourth-order valence-electron chi connectivity index (χ4n) is 2.67. The highest BCUT2D eigenvalue weighted by atomic mass is 28.4. The Morgan fingerprint density at radius 3 is 2.09 bits per heavy atom. The summed E-state index contributed by atoms with van der Waals surface area (Å²) in [7, 11) is 2.69. The standard InChI is InChI=1S/C23H40N2O6Si/c1-23(2,3)32(7,8)31-15-21(29-16-26-4)22(30-17-27-5)20(13-24)25-14-18-9-11-19(28-6)12-10-18/h9-12,20-22,25H,14-17H2,1-8H3/t20?,21-,22-/m1/s1. The van der Waals surface area contributed by atoms with Gasteiger partial charge in [-0.2, -0.15) is 5.26 Å². The summed E-state index contributed by atoms with van der Waals surface area (Å²) in [6.07, 6.45) is -1.15. The van der Waals surface area contributed by atoms with Crippen LogP contribution in [0.2, 0.25) is 18.1 Å². The fraction of sp³-hybridized carbons (Fsp3) is 0.696. The molecule has 0 saturated heterocycles. The summed E-state index contributed by atoms with van der Waals surface area (Å²) in [5.74, 6) is 0.780. The summed E-state index contributed by atoms with van der Waals surface area (Å²) in [6.45, 7) is 11.7. The highest BCUT2D eigenvalue weighted by Crippen LogP contribution is 2.36. The second kappa shape index (κ2) is 13.9. The first-order valence-corrected chi connectivity index (χ1v) is 13.6. The third-order valence-corrected chi connectivity index (χ3v) is 10.2. The highest BCUT2D eigenvalue weighted by molar-refractivity contribution is 6.74. The van der Waals surface area contributed by atoms with Gasteiger partial charge in [0.1, 0.15) is 37.6 Å². The maximum atomic E-state index is 9.92. The SMILES string of the molecule is COCO[C@H](C(C#N)NCc1ccc(OC)cc1)[C@@H](CO[Si](C)(C)C(C)(C)C)OCOC. The van der Waals surface area contributed by atoms with Crippen molar-refractivity contribution in [2.45, 2.75) is 63.7 Å². The molecule has 0 amide bonds. The lowest BCUT2D eigenvalue weighted by Gasteiger charge is -2.38. The molecule has 0 fully saturated rings. The Labute approximate surface area is 194 Å². The van der Waals surface area contributed by atoms with Gasteiger partial charge in [0.25, 0.3) is 0 Å². The van der Waals surface area contributed by atoms with Crippen molar-refractivity contribution >= 4 is 8.32 Å². The molecular weight excluding hydrogens is 428 g/mol. The Bertz CT molecular complexity index is 687. The third-order valence-electron chi connectivity index (χ3n) is 5.71. The van der Waals surface area contributed by atoms with Gasteiger partial charge >= 0.3 is 0 Å². The van der Waals surface area contributed by atoms with Gasteiger partial charge in [0, 0.05) is 20.8 Å². The molecule has 0 saturated carbocycles. The lowest BCUT2D eigenvalue weighted by molar-refractivity contribution is -0.170. The topological polar surface area (TPSA) is 91.2 Å². The molecule has 3 atom stereocenters. The van der Waals surface area contributed by atoms with Gasteiger partial charge in [-0.05, 0) is 35.8 Å². The molecule has 8 nitrogen and oxygen atoms in total. The Morgan fingerprint density at radius 2 is 1.59 bits per heavy atom. The molecular formula is C23H40N2O6Si. The first-order valence-electron chi connectivity index (χ1n) is 10.7. The fourth-order valence-corrected chi connectivity index (χ4v) is 3.69. The van der Waals surface area contributed by atoms with Gasteiger partial charge in [-0.25, -0.2) is 0 Å². The van der Waals surface area contributed by atoms with Gasteiger partial charge in [-0.15, -0.1) is 0 Å². The number of nitrogens with zero attached hydrogens (tertiary/aromatic N) is 1. The number of ether oxygens (including phenoxy) is 5. The summed E-state index contributed by atoms with van der Waals surface area (Å²) in [4.78, 5) is 0. The second-order valence-corrected chi connectivity index (χ2v) is 13.9. The van der Waals surface area contributed by atoms with Crippen LogP contribution in [0, 0.1) is 11.3 Å². The minimum atomic E-state index is -2.03. The predicted molar refractivity (Wildman–Crippen MR) is 126 cm³/mol. The molecule has 1 aromatic rings. The molecule has 0 bridgehead atoms. The average Bonchev–Trinajstić information content (AvgIpc) is 2.76. The van der Waals surface area contributed by atoms with E-state index in [1.165, 1.54) is 0 Å². The number of methoxy groups -OCH3 is 3. The molecule has 182 valence electrons. The highest BCUT2D eigenvalue weighted by Gasteiger charge is 2.40. The van der Waals surface area contributed by atoms with Crippen molar-refractivity contribution in [2.75, 3.05) is 41.5 Å². The van der Waals surface area contributed by atoms with Crippen molar-refractivity contribution in [3.8, 4) is 11.8 Å². The van der Waals surface area contributed by atoms with Crippen LogP contribution >= 0.6 is 0 Å². The van der Waals surface area contributed by atoms with Crippen LogP contribution in [-0.2, 0) is 29.9 Å². The zero-order valence-corrected chi connectivity index (χ0v) is 21.8. The molecule has 32 heavy (non-hydrogen) atoms. The van der Waals surface area contributed by atoms with E-state index in [1.807, 2.05) is 24.3 Å². The largest absolute Gasteiger partial charge is 0.497 e. The molecule has 0 heterocycles. The van der Waals surface area contributed by atoms with E-state index >= 15 is 0 Å². The third kappa shape index (κ3) is 9.15. The van der Waals surface area contributed by atoms with Crippen molar-refractivity contribution in [1.29, 1.82) is 5.26 Å². The normalized spacial score (nSPS) is 15.1. The van der Waals surface area contributed by atoms with Crippen LogP contribution in [0.15, 0.2) is 24.3 Å². The van der Waals surface area contributed by atoms with Gasteiger partial charge in [-0.3, -0.25) is 5.32 Å². The molecule has 1 unspecified atom stereocenters. The number of benzene rings is 1. The van der Waals surface area contributed by atoms with Gasteiger partial charge in [0.15, 0.2) is 8.32 Å². The van der Waals surface area contributed by atoms with Crippen molar-refractivity contribution in [2.24, 2.45) is 0 Å².